The summed E-state index contributed by atoms with van der Waals surface area (Å²) in [5, 5.41) is 2.98. The molecule has 1 saturated heterocycles. The van der Waals surface area contributed by atoms with E-state index < -0.39 is 53.4 Å². The minimum absolute atomic E-state index is 0.0137. The van der Waals surface area contributed by atoms with Crippen LogP contribution in [0.5, 0.6) is 5.75 Å². The fraction of sp³-hybridized carbons (Fsp3) is 0.440. The molecule has 208 valence electrons. The molecule has 1 fully saturated rings. The predicted octanol–water partition coefficient (Wildman–Crippen LogP) is 4.32. The average Bonchev–Trinajstić information content (AvgIpc) is 2.85. The molecule has 1 aliphatic rings. The Labute approximate surface area is 214 Å². The van der Waals surface area contributed by atoms with Crippen molar-refractivity contribution in [2.24, 2.45) is 11.7 Å². The fourth-order valence-corrected chi connectivity index (χ4v) is 4.37. The summed E-state index contributed by atoms with van der Waals surface area (Å²) in [6, 6.07) is 8.78. The Balaban J connectivity index is 1.89. The van der Waals surface area contributed by atoms with Crippen LogP contribution in [0.2, 0.25) is 0 Å². The standard InChI is InChI=1S/C25H27F6N3O4/c1-16(15-33-19-6-8-20(9-7-19)38-25(29,30)31)23(22(32)36,14-21(35)34-10-12-37-13-11-34)17-2-4-18(5-3-17)24(26,27)28/h2-9,16,33H,10-15H2,1H3,(H2,32,36)/t16-,23+/m1/s1. The maximum atomic E-state index is 13.2. The summed E-state index contributed by atoms with van der Waals surface area (Å²) >= 11 is 0. The highest BCUT2D eigenvalue weighted by Gasteiger charge is 2.46. The van der Waals surface area contributed by atoms with Crippen LogP contribution in [0.4, 0.5) is 32.0 Å². The molecule has 3 rings (SSSR count). The van der Waals surface area contributed by atoms with Crippen molar-refractivity contribution in [3.05, 3.63) is 59.7 Å². The normalized spacial score (nSPS) is 16.9. The average molecular weight is 547 g/mol. The van der Waals surface area contributed by atoms with E-state index in [4.69, 9.17) is 10.5 Å². The van der Waals surface area contributed by atoms with Gasteiger partial charge in [-0.15, -0.1) is 13.2 Å². The number of nitrogens with zero attached hydrogens (tertiary/aromatic N) is 1. The van der Waals surface area contributed by atoms with Gasteiger partial charge in [0.25, 0.3) is 0 Å². The number of nitrogens with one attached hydrogen (secondary N) is 1. The lowest BCUT2D eigenvalue weighted by atomic mass is 9.67. The van der Waals surface area contributed by atoms with Crippen LogP contribution in [0, 0.1) is 5.92 Å². The minimum Gasteiger partial charge on any atom is -0.406 e. The third-order valence-electron chi connectivity index (χ3n) is 6.50. The molecule has 0 radical (unpaired) electrons. The van der Waals surface area contributed by atoms with Crippen LogP contribution in [0.3, 0.4) is 0 Å². The number of nitrogens with two attached hydrogens (primary N) is 1. The van der Waals surface area contributed by atoms with Crippen molar-refractivity contribution in [2.45, 2.75) is 31.3 Å². The Morgan fingerprint density at radius 1 is 0.974 bits per heavy atom. The zero-order chi connectivity index (χ0) is 28.1. The highest BCUT2D eigenvalue weighted by atomic mass is 19.4. The topological polar surface area (TPSA) is 93.9 Å². The van der Waals surface area contributed by atoms with Crippen molar-refractivity contribution in [3.63, 3.8) is 0 Å². The van der Waals surface area contributed by atoms with E-state index in [-0.39, 0.29) is 12.1 Å². The lowest BCUT2D eigenvalue weighted by molar-refractivity contribution is -0.274. The second-order valence-electron chi connectivity index (χ2n) is 8.93. The number of hydrogen-bond acceptors (Lipinski definition) is 5. The first-order valence-electron chi connectivity index (χ1n) is 11.7. The first-order valence-corrected chi connectivity index (χ1v) is 11.7. The van der Waals surface area contributed by atoms with E-state index in [2.05, 4.69) is 10.1 Å². The zero-order valence-corrected chi connectivity index (χ0v) is 20.4. The Kier molecular flexibility index (Phi) is 8.80. The van der Waals surface area contributed by atoms with Crippen LogP contribution >= 0.6 is 0 Å². The zero-order valence-electron chi connectivity index (χ0n) is 20.4. The summed E-state index contributed by atoms with van der Waals surface area (Å²) in [4.78, 5) is 27.7. The largest absolute Gasteiger partial charge is 0.573 e. The molecule has 3 N–H and O–H groups in total. The molecule has 2 atom stereocenters. The van der Waals surface area contributed by atoms with Crippen molar-refractivity contribution >= 4 is 17.5 Å². The predicted molar refractivity (Wildman–Crippen MR) is 125 cm³/mol. The van der Waals surface area contributed by atoms with Gasteiger partial charge in [-0.2, -0.15) is 13.2 Å². The number of anilines is 1. The molecule has 2 aromatic carbocycles. The lowest BCUT2D eigenvalue weighted by Gasteiger charge is -2.39. The molecule has 0 aromatic heterocycles. The molecule has 0 bridgehead atoms. The van der Waals surface area contributed by atoms with Gasteiger partial charge < -0.3 is 25.4 Å². The van der Waals surface area contributed by atoms with Gasteiger partial charge in [0.1, 0.15) is 5.75 Å². The molecule has 1 heterocycles. The van der Waals surface area contributed by atoms with E-state index >= 15 is 0 Å². The van der Waals surface area contributed by atoms with Gasteiger partial charge in [0.2, 0.25) is 11.8 Å². The molecule has 38 heavy (non-hydrogen) atoms. The Morgan fingerprint density at radius 2 is 1.53 bits per heavy atom. The van der Waals surface area contributed by atoms with E-state index in [0.717, 1.165) is 36.4 Å². The Hall–Kier alpha value is -3.48. The van der Waals surface area contributed by atoms with Crippen molar-refractivity contribution in [2.75, 3.05) is 38.2 Å². The van der Waals surface area contributed by atoms with Gasteiger partial charge >= 0.3 is 12.5 Å². The number of hydrogen-bond donors (Lipinski definition) is 2. The second kappa shape index (κ2) is 11.5. The van der Waals surface area contributed by atoms with E-state index in [9.17, 15) is 35.9 Å². The number of amides is 2. The van der Waals surface area contributed by atoms with E-state index in [1.54, 1.807) is 6.92 Å². The third-order valence-corrected chi connectivity index (χ3v) is 6.50. The minimum atomic E-state index is -4.85. The molecular formula is C25H27F6N3O4. The summed E-state index contributed by atoms with van der Waals surface area (Å²) in [6.45, 7) is 2.82. The molecule has 1 aliphatic heterocycles. The van der Waals surface area contributed by atoms with Crippen LogP contribution in [0.25, 0.3) is 0 Å². The fourth-order valence-electron chi connectivity index (χ4n) is 4.37. The summed E-state index contributed by atoms with van der Waals surface area (Å²) in [6.07, 6.45) is -9.85. The van der Waals surface area contributed by atoms with Crippen molar-refractivity contribution < 1.29 is 45.4 Å². The van der Waals surface area contributed by atoms with Gasteiger partial charge in [-0.1, -0.05) is 19.1 Å². The summed E-state index contributed by atoms with van der Waals surface area (Å²) < 4.78 is 85.8. The number of primary amides is 1. The Bertz CT molecular complexity index is 1100. The van der Waals surface area contributed by atoms with Crippen LogP contribution < -0.4 is 15.8 Å². The number of alkyl halides is 6. The first-order chi connectivity index (χ1) is 17.7. The van der Waals surface area contributed by atoms with Gasteiger partial charge in [0.15, 0.2) is 0 Å². The van der Waals surface area contributed by atoms with Crippen LogP contribution in [0.1, 0.15) is 24.5 Å². The van der Waals surface area contributed by atoms with E-state index in [1.807, 2.05) is 0 Å². The molecule has 2 amide bonds. The number of carbonyl (C=O) groups is 2. The molecule has 0 spiro atoms. The third kappa shape index (κ3) is 7.09. The van der Waals surface area contributed by atoms with Gasteiger partial charge in [0.05, 0.1) is 24.2 Å². The van der Waals surface area contributed by atoms with Crippen molar-refractivity contribution in [1.29, 1.82) is 0 Å². The number of rotatable bonds is 9. The Morgan fingerprint density at radius 3 is 2.03 bits per heavy atom. The second-order valence-corrected chi connectivity index (χ2v) is 8.93. The van der Waals surface area contributed by atoms with Crippen LogP contribution in [0.15, 0.2) is 48.5 Å². The number of morpholine rings is 1. The first kappa shape index (κ1) is 29.1. The number of ether oxygens (including phenoxy) is 2. The molecule has 7 nitrogen and oxygen atoms in total. The summed E-state index contributed by atoms with van der Waals surface area (Å²) in [5.74, 6) is -2.47. The molecule has 0 aliphatic carbocycles. The van der Waals surface area contributed by atoms with Gasteiger partial charge in [-0.05, 0) is 47.9 Å². The quantitative estimate of drug-likeness (QED) is 0.456. The lowest BCUT2D eigenvalue weighted by Crippen LogP contribution is -2.53. The summed E-state index contributed by atoms with van der Waals surface area (Å²) in [5.41, 5.74) is 3.76. The smallest absolute Gasteiger partial charge is 0.406 e. The number of halogens is 6. The SMILES string of the molecule is C[C@H](CNc1ccc(OC(F)(F)F)cc1)[C@](CC(=O)N1CCOCC1)(C(N)=O)c1ccc(C(F)(F)F)cc1. The highest BCUT2D eigenvalue weighted by Crippen LogP contribution is 2.39. The molecule has 2 aromatic rings. The molecule has 13 heteroatoms. The maximum Gasteiger partial charge on any atom is 0.573 e. The molecular weight excluding hydrogens is 520 g/mol. The molecule has 0 saturated carbocycles. The van der Waals surface area contributed by atoms with E-state index in [1.165, 1.54) is 17.0 Å². The van der Waals surface area contributed by atoms with Crippen LogP contribution in [-0.2, 0) is 25.9 Å². The van der Waals surface area contributed by atoms with Gasteiger partial charge in [-0.25, -0.2) is 0 Å². The highest BCUT2D eigenvalue weighted by molar-refractivity contribution is 5.93. The summed E-state index contributed by atoms with van der Waals surface area (Å²) in [7, 11) is 0. The van der Waals surface area contributed by atoms with Crippen molar-refractivity contribution in [1.82, 2.24) is 4.90 Å². The van der Waals surface area contributed by atoms with Gasteiger partial charge in [0, 0.05) is 31.7 Å². The molecule has 0 unspecified atom stereocenters. The van der Waals surface area contributed by atoms with Crippen LogP contribution in [-0.4, -0.2) is 55.9 Å². The number of benzene rings is 2. The monoisotopic (exact) mass is 547 g/mol. The van der Waals surface area contributed by atoms with E-state index in [0.29, 0.717) is 32.0 Å². The number of carbonyl (C=O) groups excluding carboxylic acids is 2. The van der Waals surface area contributed by atoms with Gasteiger partial charge in [-0.3, -0.25) is 9.59 Å². The maximum absolute atomic E-state index is 13.2. The van der Waals surface area contributed by atoms with Crippen molar-refractivity contribution in [3.8, 4) is 5.75 Å².